The molecule has 2 aromatic heterocycles. The smallest absolute Gasteiger partial charge is 0.503 e. The minimum Gasteiger partial charge on any atom is -0.503 e. The molecule has 9 heteroatoms. The summed E-state index contributed by atoms with van der Waals surface area (Å²) in [5.74, 6) is 2.24. The predicted octanol–water partition coefficient (Wildman–Crippen LogP) is 16.2. The van der Waals surface area contributed by atoms with Crippen LogP contribution in [0.1, 0.15) is 143 Å². The zero-order chi connectivity index (χ0) is 50.7. The van der Waals surface area contributed by atoms with Crippen molar-refractivity contribution in [2.24, 2.45) is 4.99 Å². The van der Waals surface area contributed by atoms with Crippen molar-refractivity contribution < 1.29 is 39.0 Å². The van der Waals surface area contributed by atoms with Gasteiger partial charge in [-0.1, -0.05) is 174 Å². The second kappa shape index (κ2) is 17.9. The van der Waals surface area contributed by atoms with E-state index in [0.29, 0.717) is 40.7 Å². The fourth-order valence-electron chi connectivity index (χ4n) is 10.8. The number of fused-ring (bicyclic) bond motifs is 5. The number of alkyl halides is 3. The van der Waals surface area contributed by atoms with Crippen LogP contribution in [0.25, 0.3) is 27.6 Å². The van der Waals surface area contributed by atoms with Crippen LogP contribution in [0.15, 0.2) is 126 Å². The van der Waals surface area contributed by atoms with Crippen molar-refractivity contribution in [1.29, 1.82) is 0 Å². The number of aromatic nitrogens is 2. The molecule has 0 aliphatic carbocycles. The molecular formula is C63H63F3N4OPt. The molecule has 10 rings (SSSR count). The summed E-state index contributed by atoms with van der Waals surface area (Å²) in [6, 6.07) is 45.1. The number of hydrogen-bond acceptors (Lipinski definition) is 4. The number of rotatable bonds is 7. The molecule has 1 atom stereocenters. The van der Waals surface area contributed by atoms with E-state index in [-0.39, 0.29) is 49.3 Å². The third-order valence-corrected chi connectivity index (χ3v) is 14.8. The molecule has 0 saturated heterocycles. The van der Waals surface area contributed by atoms with E-state index < -0.39 is 17.2 Å². The van der Waals surface area contributed by atoms with Gasteiger partial charge in [0.15, 0.2) is 0 Å². The molecule has 2 aliphatic heterocycles. The average molecular weight is 1140 g/mol. The van der Waals surface area contributed by atoms with Crippen molar-refractivity contribution in [1.82, 2.24) is 9.55 Å². The monoisotopic (exact) mass is 1140 g/mol. The SMILES string of the molecule is Cc1cc2c3cc(C(C)(C)C)cc4c3n(c2[c-]c1Oc1[c-]c(C2=N[C@H](C(c3ccccc3)c3ccccc3)CN2c2cc(C(C)(C)C)cc(C(F)(F)F)c2)cc(C(C)(C)C)c1)-c1nccc(C)c1C4(C)C.[Pt+2]. The first-order chi connectivity index (χ1) is 33.3. The third kappa shape index (κ3) is 9.01. The van der Waals surface area contributed by atoms with Gasteiger partial charge in [0.25, 0.3) is 0 Å². The topological polar surface area (TPSA) is 42.6 Å². The zero-order valence-corrected chi connectivity index (χ0v) is 45.8. The van der Waals surface area contributed by atoms with Crippen molar-refractivity contribution in [2.75, 3.05) is 11.4 Å². The van der Waals surface area contributed by atoms with E-state index in [2.05, 4.69) is 141 Å². The Morgan fingerprint density at radius 2 is 1.25 bits per heavy atom. The van der Waals surface area contributed by atoms with E-state index in [0.717, 1.165) is 49.9 Å². The van der Waals surface area contributed by atoms with E-state index >= 15 is 0 Å². The molecule has 6 aromatic carbocycles. The van der Waals surface area contributed by atoms with Crippen LogP contribution in [-0.2, 0) is 48.9 Å². The Morgan fingerprint density at radius 1 is 0.667 bits per heavy atom. The average Bonchev–Trinajstić information content (AvgIpc) is 3.87. The zero-order valence-electron chi connectivity index (χ0n) is 43.6. The number of halogens is 3. The first-order valence-electron chi connectivity index (χ1n) is 24.8. The summed E-state index contributed by atoms with van der Waals surface area (Å²) in [5.41, 5.74) is 10.5. The van der Waals surface area contributed by atoms with Crippen molar-refractivity contribution in [3.8, 4) is 17.3 Å². The van der Waals surface area contributed by atoms with Crippen molar-refractivity contribution in [3.63, 3.8) is 0 Å². The first kappa shape index (κ1) is 50.9. The minimum atomic E-state index is -4.56. The van der Waals surface area contributed by atoms with Crippen LogP contribution in [0, 0.1) is 26.0 Å². The number of pyridine rings is 1. The van der Waals surface area contributed by atoms with E-state index in [4.69, 9.17) is 14.7 Å². The first-order valence-corrected chi connectivity index (χ1v) is 24.8. The Hall–Kier alpha value is -5.98. The van der Waals surface area contributed by atoms with Crippen LogP contribution in [-0.4, -0.2) is 28.0 Å². The van der Waals surface area contributed by atoms with Crippen LogP contribution in [0.3, 0.4) is 0 Å². The summed E-state index contributed by atoms with van der Waals surface area (Å²) >= 11 is 0. The molecule has 4 heterocycles. The summed E-state index contributed by atoms with van der Waals surface area (Å²) in [6.45, 7) is 28.2. The van der Waals surface area contributed by atoms with Gasteiger partial charge in [0.2, 0.25) is 0 Å². The standard InChI is InChI=1S/C63H63F3N4O.Pt/c1-37-24-25-67-58-55(37)62(12,13)50-34-44(61(9,10)11)33-49-48-26-38(2)53(35-52(48)70(58)56(49)50)71-47-28-41(27-42(32-47)59(3,4)5)57-68-51(54(39-20-16-14-17-21-39)40-22-18-15-19-23-40)36-69(57)46-30-43(60(6,7)8)29-45(31-46)63(64,65)66;/h14-27,29-34,51,54H,36H2,1-13H3;/q-2;+2/t51-;/m0./s1. The van der Waals surface area contributed by atoms with E-state index in [1.54, 1.807) is 0 Å². The number of hydrogen-bond donors (Lipinski definition) is 0. The molecule has 8 aromatic rings. The number of ether oxygens (including phenoxy) is 1. The van der Waals surface area contributed by atoms with Crippen molar-refractivity contribution in [2.45, 2.75) is 130 Å². The molecule has 0 saturated carbocycles. The summed E-state index contributed by atoms with van der Waals surface area (Å²) < 4.78 is 54.0. The van der Waals surface area contributed by atoms with Gasteiger partial charge in [-0.15, -0.1) is 34.2 Å². The Morgan fingerprint density at radius 3 is 1.85 bits per heavy atom. The van der Waals surface area contributed by atoms with E-state index in [1.807, 2.05) is 80.4 Å². The molecule has 0 bridgehead atoms. The summed E-state index contributed by atoms with van der Waals surface area (Å²) in [5, 5.41) is 2.22. The number of nitrogens with zero attached hydrogens (tertiary/aromatic N) is 4. The number of aliphatic imine (C=N–C) groups is 1. The van der Waals surface area contributed by atoms with E-state index in [9.17, 15) is 13.2 Å². The third-order valence-electron chi connectivity index (χ3n) is 14.8. The Bertz CT molecular complexity index is 3350. The molecule has 2 aliphatic rings. The second-order valence-electron chi connectivity index (χ2n) is 23.4. The van der Waals surface area contributed by atoms with Gasteiger partial charge < -0.3 is 19.2 Å². The van der Waals surface area contributed by atoms with Gasteiger partial charge in [-0.3, -0.25) is 0 Å². The van der Waals surface area contributed by atoms with Crippen molar-refractivity contribution >= 4 is 33.3 Å². The number of aryl methyl sites for hydroxylation is 2. The summed E-state index contributed by atoms with van der Waals surface area (Å²) in [7, 11) is 0. The second-order valence-corrected chi connectivity index (χ2v) is 23.4. The quantitative estimate of drug-likeness (QED) is 0.149. The molecule has 72 heavy (non-hydrogen) atoms. The van der Waals surface area contributed by atoms with Crippen LogP contribution in [0.4, 0.5) is 18.9 Å². The van der Waals surface area contributed by atoms with Gasteiger partial charge >= 0.3 is 27.2 Å². The minimum absolute atomic E-state index is 0. The molecule has 0 amide bonds. The molecule has 5 nitrogen and oxygen atoms in total. The van der Waals surface area contributed by atoms with Gasteiger partial charge in [0.05, 0.1) is 17.4 Å². The molecular weight excluding hydrogens is 1080 g/mol. The Balaban J connectivity index is 0.00000640. The maximum absolute atomic E-state index is 14.9. The molecule has 0 N–H and O–H groups in total. The Labute approximate surface area is 437 Å². The normalized spacial score (nSPS) is 15.8. The molecule has 372 valence electrons. The Kier molecular flexibility index (Phi) is 12.7. The molecule has 0 spiro atoms. The largest absolute Gasteiger partial charge is 2.00 e. The van der Waals surface area contributed by atoms with Gasteiger partial charge in [-0.2, -0.15) is 19.2 Å². The summed E-state index contributed by atoms with van der Waals surface area (Å²) in [4.78, 5) is 12.6. The van der Waals surface area contributed by atoms with Crippen LogP contribution in [0.5, 0.6) is 11.5 Å². The van der Waals surface area contributed by atoms with Gasteiger partial charge in [0, 0.05) is 52.3 Å². The molecule has 0 unspecified atom stereocenters. The summed E-state index contributed by atoms with van der Waals surface area (Å²) in [6.07, 6.45) is -2.67. The fourth-order valence-corrected chi connectivity index (χ4v) is 10.8. The maximum atomic E-state index is 14.9. The number of anilines is 1. The maximum Gasteiger partial charge on any atom is 2.00 e. The van der Waals surface area contributed by atoms with Crippen LogP contribution in [0.2, 0.25) is 0 Å². The van der Waals surface area contributed by atoms with Crippen molar-refractivity contribution in [3.05, 3.63) is 195 Å². The van der Waals surface area contributed by atoms with Gasteiger partial charge in [-0.05, 0) is 86.2 Å². The van der Waals surface area contributed by atoms with Gasteiger partial charge in [0.1, 0.15) is 5.82 Å². The molecule has 0 radical (unpaired) electrons. The fraction of sp³-hybridized carbons (Fsp3) is 0.333. The van der Waals surface area contributed by atoms with Crippen LogP contribution < -0.4 is 9.64 Å². The predicted molar refractivity (Wildman–Crippen MR) is 284 cm³/mol. The number of benzene rings is 6. The number of amidine groups is 1. The van der Waals surface area contributed by atoms with E-state index in [1.165, 1.54) is 34.4 Å². The molecule has 0 fully saturated rings. The van der Waals surface area contributed by atoms with Crippen LogP contribution >= 0.6 is 0 Å². The van der Waals surface area contributed by atoms with Gasteiger partial charge in [-0.25, -0.2) is 4.98 Å².